The molecular formula is C11H16ClNO3S2. The van der Waals surface area contributed by atoms with Gasteiger partial charge in [-0.25, -0.2) is 8.42 Å². The Morgan fingerprint density at radius 3 is 2.61 bits per heavy atom. The monoisotopic (exact) mass is 309 g/mol. The molecule has 4 nitrogen and oxygen atoms in total. The maximum Gasteiger partial charge on any atom is 0.262 e. The molecular weight excluding hydrogens is 294 g/mol. The normalized spacial score (nSPS) is 13.3. The van der Waals surface area contributed by atoms with Crippen molar-refractivity contribution in [1.82, 2.24) is 5.32 Å². The zero-order valence-electron chi connectivity index (χ0n) is 10.5. The number of rotatable bonds is 5. The maximum atomic E-state index is 11.9. The lowest BCUT2D eigenvalue weighted by molar-refractivity contribution is 0.0942. The van der Waals surface area contributed by atoms with Crippen molar-refractivity contribution in [3.8, 4) is 0 Å². The van der Waals surface area contributed by atoms with E-state index in [1.807, 2.05) is 13.8 Å². The summed E-state index contributed by atoms with van der Waals surface area (Å²) in [7, 11) is 1.50. The van der Waals surface area contributed by atoms with E-state index in [-0.39, 0.29) is 16.8 Å². The van der Waals surface area contributed by atoms with E-state index in [9.17, 15) is 13.2 Å². The Morgan fingerprint density at radius 2 is 2.17 bits per heavy atom. The van der Waals surface area contributed by atoms with Crippen molar-refractivity contribution in [2.45, 2.75) is 44.6 Å². The minimum atomic E-state index is -3.78. The number of amides is 1. The van der Waals surface area contributed by atoms with Crippen LogP contribution in [0.5, 0.6) is 0 Å². The average Bonchev–Trinajstić information content (AvgIpc) is 2.60. The molecule has 0 aliphatic heterocycles. The molecule has 0 spiro atoms. The molecule has 1 aromatic rings. The Hall–Kier alpha value is -0.590. The average molecular weight is 310 g/mol. The third-order valence-corrected chi connectivity index (χ3v) is 5.08. The second kappa shape index (κ2) is 6.04. The second-order valence-corrected chi connectivity index (χ2v) is 7.92. The van der Waals surface area contributed by atoms with Gasteiger partial charge in [-0.3, -0.25) is 4.79 Å². The number of thiophene rings is 1. The molecule has 1 N–H and O–H groups in total. The quantitative estimate of drug-likeness (QED) is 0.851. The van der Waals surface area contributed by atoms with Crippen LogP contribution in [0.1, 0.15) is 41.2 Å². The SMILES string of the molecule is CCCC(C)NC(=O)c1cc(S(=O)(=O)Cl)c(C)s1. The van der Waals surface area contributed by atoms with Crippen molar-refractivity contribution in [3.63, 3.8) is 0 Å². The minimum Gasteiger partial charge on any atom is -0.349 e. The number of aryl methyl sites for hydroxylation is 1. The molecule has 102 valence electrons. The fourth-order valence-corrected chi connectivity index (χ4v) is 4.19. The van der Waals surface area contributed by atoms with E-state index in [2.05, 4.69) is 5.32 Å². The van der Waals surface area contributed by atoms with Crippen LogP contribution in [0.4, 0.5) is 0 Å². The zero-order chi connectivity index (χ0) is 13.9. The van der Waals surface area contributed by atoms with E-state index in [1.54, 1.807) is 6.92 Å². The molecule has 1 rings (SSSR count). The van der Waals surface area contributed by atoms with Crippen LogP contribution in [0, 0.1) is 6.92 Å². The van der Waals surface area contributed by atoms with Gasteiger partial charge < -0.3 is 5.32 Å². The van der Waals surface area contributed by atoms with E-state index in [0.717, 1.165) is 24.2 Å². The molecule has 0 aliphatic carbocycles. The lowest BCUT2D eigenvalue weighted by Crippen LogP contribution is -2.31. The van der Waals surface area contributed by atoms with Gasteiger partial charge in [0, 0.05) is 21.6 Å². The van der Waals surface area contributed by atoms with Gasteiger partial charge in [-0.2, -0.15) is 0 Å². The van der Waals surface area contributed by atoms with Crippen molar-refractivity contribution in [3.05, 3.63) is 15.8 Å². The fraction of sp³-hybridized carbons (Fsp3) is 0.545. The highest BCUT2D eigenvalue weighted by molar-refractivity contribution is 8.13. The van der Waals surface area contributed by atoms with Gasteiger partial charge in [-0.15, -0.1) is 11.3 Å². The van der Waals surface area contributed by atoms with Gasteiger partial charge in [0.1, 0.15) is 0 Å². The summed E-state index contributed by atoms with van der Waals surface area (Å²) in [4.78, 5) is 12.8. The van der Waals surface area contributed by atoms with E-state index in [0.29, 0.717) is 9.75 Å². The Morgan fingerprint density at radius 1 is 1.56 bits per heavy atom. The molecule has 0 saturated carbocycles. The molecule has 1 heterocycles. The molecule has 0 fully saturated rings. The van der Waals surface area contributed by atoms with Crippen molar-refractivity contribution >= 4 is 37.0 Å². The number of carbonyl (C=O) groups is 1. The Balaban J connectivity index is 2.89. The largest absolute Gasteiger partial charge is 0.349 e. The van der Waals surface area contributed by atoms with E-state index in [1.165, 1.54) is 6.07 Å². The summed E-state index contributed by atoms with van der Waals surface area (Å²) in [6.45, 7) is 5.59. The highest BCUT2D eigenvalue weighted by Crippen LogP contribution is 2.28. The Kier molecular flexibility index (Phi) is 5.19. The summed E-state index contributed by atoms with van der Waals surface area (Å²) in [5.74, 6) is -0.254. The Bertz CT molecular complexity index is 536. The molecule has 0 saturated heterocycles. The lowest BCUT2D eigenvalue weighted by atomic mass is 10.2. The first-order chi connectivity index (χ1) is 8.25. The van der Waals surface area contributed by atoms with Crippen molar-refractivity contribution < 1.29 is 13.2 Å². The molecule has 1 amide bonds. The number of halogens is 1. The molecule has 7 heteroatoms. The van der Waals surface area contributed by atoms with Gasteiger partial charge in [0.05, 0.1) is 9.77 Å². The summed E-state index contributed by atoms with van der Waals surface area (Å²) >= 11 is 1.13. The summed E-state index contributed by atoms with van der Waals surface area (Å²) < 4.78 is 22.5. The van der Waals surface area contributed by atoms with Crippen molar-refractivity contribution in [2.24, 2.45) is 0 Å². The molecule has 0 aromatic carbocycles. The van der Waals surface area contributed by atoms with Crippen LogP contribution in [-0.2, 0) is 9.05 Å². The highest BCUT2D eigenvalue weighted by Gasteiger charge is 2.20. The van der Waals surface area contributed by atoms with Gasteiger partial charge in [0.25, 0.3) is 15.0 Å². The number of hydrogen-bond acceptors (Lipinski definition) is 4. The van der Waals surface area contributed by atoms with Crippen LogP contribution >= 0.6 is 22.0 Å². The van der Waals surface area contributed by atoms with Crippen LogP contribution in [0.3, 0.4) is 0 Å². The first kappa shape index (κ1) is 15.5. The molecule has 1 unspecified atom stereocenters. The third-order valence-electron chi connectivity index (χ3n) is 2.46. The van der Waals surface area contributed by atoms with Gasteiger partial charge in [-0.1, -0.05) is 13.3 Å². The van der Waals surface area contributed by atoms with Gasteiger partial charge in [0.15, 0.2) is 0 Å². The van der Waals surface area contributed by atoms with E-state index < -0.39 is 9.05 Å². The van der Waals surface area contributed by atoms with Crippen LogP contribution in [-0.4, -0.2) is 20.4 Å². The third kappa shape index (κ3) is 3.96. The summed E-state index contributed by atoms with van der Waals surface area (Å²) in [5, 5.41) is 2.82. The van der Waals surface area contributed by atoms with E-state index >= 15 is 0 Å². The molecule has 1 atom stereocenters. The van der Waals surface area contributed by atoms with Gasteiger partial charge >= 0.3 is 0 Å². The van der Waals surface area contributed by atoms with Gasteiger partial charge in [-0.05, 0) is 26.3 Å². The highest BCUT2D eigenvalue weighted by atomic mass is 35.7. The predicted molar refractivity (Wildman–Crippen MR) is 73.9 cm³/mol. The van der Waals surface area contributed by atoms with Crippen LogP contribution < -0.4 is 5.32 Å². The standard InChI is InChI=1S/C11H16ClNO3S2/c1-4-5-7(2)13-11(14)9-6-10(8(3)17-9)18(12,15)16/h6-7H,4-5H2,1-3H3,(H,13,14). The zero-order valence-corrected chi connectivity index (χ0v) is 12.9. The topological polar surface area (TPSA) is 63.2 Å². The van der Waals surface area contributed by atoms with Gasteiger partial charge in [0.2, 0.25) is 0 Å². The second-order valence-electron chi connectivity index (χ2n) is 4.13. The van der Waals surface area contributed by atoms with Crippen molar-refractivity contribution in [1.29, 1.82) is 0 Å². The molecule has 0 aliphatic rings. The fourth-order valence-electron chi connectivity index (χ4n) is 1.62. The smallest absolute Gasteiger partial charge is 0.262 e. The summed E-state index contributed by atoms with van der Waals surface area (Å²) in [5.41, 5.74) is 0. The van der Waals surface area contributed by atoms with Crippen LogP contribution in [0.2, 0.25) is 0 Å². The lowest BCUT2D eigenvalue weighted by Gasteiger charge is -2.11. The predicted octanol–water partition coefficient (Wildman–Crippen LogP) is 2.90. The molecule has 0 bridgehead atoms. The Labute approximate surface area is 116 Å². The number of carbonyl (C=O) groups excluding carboxylic acids is 1. The first-order valence-corrected chi connectivity index (χ1v) is 8.74. The van der Waals surface area contributed by atoms with Crippen LogP contribution in [0.25, 0.3) is 0 Å². The molecule has 0 radical (unpaired) electrons. The minimum absolute atomic E-state index is 0.0162. The molecule has 1 aromatic heterocycles. The maximum absolute atomic E-state index is 11.9. The number of nitrogens with one attached hydrogen (secondary N) is 1. The number of hydrogen-bond donors (Lipinski definition) is 1. The summed E-state index contributed by atoms with van der Waals surface area (Å²) in [6.07, 6.45) is 1.86. The van der Waals surface area contributed by atoms with Crippen LogP contribution in [0.15, 0.2) is 11.0 Å². The molecule has 18 heavy (non-hydrogen) atoms. The summed E-state index contributed by atoms with van der Waals surface area (Å²) in [6, 6.07) is 1.40. The van der Waals surface area contributed by atoms with E-state index in [4.69, 9.17) is 10.7 Å². The van der Waals surface area contributed by atoms with Crippen molar-refractivity contribution in [2.75, 3.05) is 0 Å². The first-order valence-electron chi connectivity index (χ1n) is 5.61.